The molecule has 2 N–H and O–H groups in total. The van der Waals surface area contributed by atoms with Gasteiger partial charge in [0, 0.05) is 45.3 Å². The lowest BCUT2D eigenvalue weighted by Gasteiger charge is -2.37. The summed E-state index contributed by atoms with van der Waals surface area (Å²) in [5, 5.41) is 15.9. The van der Waals surface area contributed by atoms with Crippen molar-refractivity contribution in [2.24, 2.45) is 4.99 Å². The minimum Gasteiger partial charge on any atom is -0.392 e. The maximum atomic E-state index is 13.5. The molecule has 2 heterocycles. The smallest absolute Gasteiger partial charge is 0.194 e. The first-order valence-corrected chi connectivity index (χ1v) is 9.21. The van der Waals surface area contributed by atoms with Crippen LogP contribution in [0.15, 0.2) is 40.7 Å². The molecule has 0 unspecified atom stereocenters. The van der Waals surface area contributed by atoms with Crippen LogP contribution in [0.1, 0.15) is 11.1 Å². The number of aliphatic imine (C=N–C) groups is 1. The molecule has 0 bridgehead atoms. The van der Waals surface area contributed by atoms with Gasteiger partial charge in [-0.1, -0.05) is 6.07 Å². The second kappa shape index (κ2) is 10.1. The highest BCUT2D eigenvalue weighted by molar-refractivity contribution is 14.0. The lowest BCUT2D eigenvalue weighted by atomic mass is 10.1. The molecule has 5 nitrogen and oxygen atoms in total. The fourth-order valence-corrected chi connectivity index (χ4v) is 3.75. The largest absolute Gasteiger partial charge is 0.392 e. The molecule has 8 heteroatoms. The lowest BCUT2D eigenvalue weighted by molar-refractivity contribution is 0.275. The van der Waals surface area contributed by atoms with Crippen LogP contribution in [0.5, 0.6) is 0 Å². The van der Waals surface area contributed by atoms with Gasteiger partial charge in [0.1, 0.15) is 5.82 Å². The Labute approximate surface area is 174 Å². The molecule has 1 aromatic carbocycles. The summed E-state index contributed by atoms with van der Waals surface area (Å²) in [7, 11) is 1.78. The third kappa shape index (κ3) is 5.08. The van der Waals surface area contributed by atoms with Crippen LogP contribution in [-0.4, -0.2) is 49.2 Å². The van der Waals surface area contributed by atoms with Crippen molar-refractivity contribution in [3.05, 3.63) is 52.7 Å². The first kappa shape index (κ1) is 20.9. The van der Waals surface area contributed by atoms with Gasteiger partial charge in [-0.25, -0.2) is 4.39 Å². The fraction of sp³-hybridized carbons (Fsp3) is 0.389. The molecule has 1 aliphatic rings. The fourth-order valence-electron chi connectivity index (χ4n) is 2.96. The topological polar surface area (TPSA) is 51.1 Å². The van der Waals surface area contributed by atoms with Crippen LogP contribution >= 0.6 is 35.3 Å². The standard InChI is InChI=1S/C18H23FN4OS.HI/c1-20-18(21-12-14-4-5-16(19)15(11-14)13-24)23-8-6-22(7-9-23)17-3-2-10-25-17;/h2-5,10-11,24H,6-9,12-13H2,1H3,(H,20,21);1H. The number of benzene rings is 1. The minimum atomic E-state index is -0.375. The monoisotopic (exact) mass is 490 g/mol. The molecule has 1 fully saturated rings. The summed E-state index contributed by atoms with van der Waals surface area (Å²) in [6, 6.07) is 9.04. The molecule has 0 aliphatic carbocycles. The first-order valence-electron chi connectivity index (χ1n) is 8.33. The molecule has 0 atom stereocenters. The van der Waals surface area contributed by atoms with Crippen molar-refractivity contribution < 1.29 is 9.50 Å². The third-order valence-electron chi connectivity index (χ3n) is 4.34. The van der Waals surface area contributed by atoms with E-state index in [1.165, 1.54) is 11.1 Å². The summed E-state index contributed by atoms with van der Waals surface area (Å²) in [6.07, 6.45) is 0. The van der Waals surface area contributed by atoms with Gasteiger partial charge < -0.3 is 20.2 Å². The van der Waals surface area contributed by atoms with Gasteiger partial charge >= 0.3 is 0 Å². The van der Waals surface area contributed by atoms with Gasteiger partial charge in [-0.05, 0) is 35.2 Å². The van der Waals surface area contributed by atoms with Gasteiger partial charge in [-0.2, -0.15) is 0 Å². The van der Waals surface area contributed by atoms with Crippen molar-refractivity contribution >= 4 is 46.3 Å². The summed E-state index contributed by atoms with van der Waals surface area (Å²) < 4.78 is 13.5. The van der Waals surface area contributed by atoms with E-state index in [9.17, 15) is 9.50 Å². The highest BCUT2D eigenvalue weighted by Gasteiger charge is 2.20. The van der Waals surface area contributed by atoms with Gasteiger partial charge in [0.2, 0.25) is 0 Å². The van der Waals surface area contributed by atoms with E-state index in [1.807, 2.05) is 0 Å². The molecule has 3 rings (SSSR count). The summed E-state index contributed by atoms with van der Waals surface area (Å²) in [5.74, 6) is 0.473. The Kier molecular flexibility index (Phi) is 8.11. The molecule has 0 amide bonds. The Morgan fingerprint density at radius 3 is 2.65 bits per heavy atom. The van der Waals surface area contributed by atoms with E-state index in [0.29, 0.717) is 12.1 Å². The number of aliphatic hydroxyl groups excluding tert-OH is 1. The number of rotatable bonds is 4. The van der Waals surface area contributed by atoms with Crippen LogP contribution in [0.4, 0.5) is 9.39 Å². The highest BCUT2D eigenvalue weighted by atomic mass is 127. The quantitative estimate of drug-likeness (QED) is 0.393. The summed E-state index contributed by atoms with van der Waals surface area (Å²) >= 11 is 1.77. The van der Waals surface area contributed by atoms with Crippen LogP contribution in [-0.2, 0) is 13.2 Å². The Morgan fingerprint density at radius 2 is 2.04 bits per heavy atom. The molecule has 1 saturated heterocycles. The lowest BCUT2D eigenvalue weighted by Crippen LogP contribution is -2.52. The predicted octanol–water partition coefficient (Wildman–Crippen LogP) is 2.90. The zero-order valence-corrected chi connectivity index (χ0v) is 17.8. The number of aliphatic hydroxyl groups is 1. The van der Waals surface area contributed by atoms with E-state index >= 15 is 0 Å². The number of halogens is 2. The molecule has 26 heavy (non-hydrogen) atoms. The second-order valence-electron chi connectivity index (χ2n) is 5.91. The van der Waals surface area contributed by atoms with Crippen LogP contribution in [0.25, 0.3) is 0 Å². The molecular formula is C18H24FIN4OS. The molecule has 2 aromatic rings. The normalized spacial score (nSPS) is 15.0. The minimum absolute atomic E-state index is 0. The van der Waals surface area contributed by atoms with Crippen LogP contribution in [0, 0.1) is 5.82 Å². The maximum absolute atomic E-state index is 13.5. The number of nitrogens with one attached hydrogen (secondary N) is 1. The summed E-state index contributed by atoms with van der Waals surface area (Å²) in [5.41, 5.74) is 1.24. The number of hydrogen-bond acceptors (Lipinski definition) is 4. The summed E-state index contributed by atoms with van der Waals surface area (Å²) in [4.78, 5) is 8.99. The number of nitrogens with zero attached hydrogens (tertiary/aromatic N) is 3. The SMILES string of the molecule is CN=C(NCc1ccc(F)c(CO)c1)N1CCN(c2cccs2)CC1.I. The van der Waals surface area contributed by atoms with E-state index in [0.717, 1.165) is 37.7 Å². The van der Waals surface area contributed by atoms with Crippen LogP contribution in [0.3, 0.4) is 0 Å². The number of thiophene rings is 1. The highest BCUT2D eigenvalue weighted by Crippen LogP contribution is 2.22. The molecular weight excluding hydrogens is 466 g/mol. The number of anilines is 1. The van der Waals surface area contributed by atoms with Gasteiger partial charge in [0.25, 0.3) is 0 Å². The molecule has 0 radical (unpaired) electrons. The van der Waals surface area contributed by atoms with E-state index in [2.05, 4.69) is 37.6 Å². The Hall–Kier alpha value is -1.39. The molecule has 0 spiro atoms. The maximum Gasteiger partial charge on any atom is 0.194 e. The van der Waals surface area contributed by atoms with Crippen molar-refractivity contribution in [1.29, 1.82) is 0 Å². The van der Waals surface area contributed by atoms with E-state index in [1.54, 1.807) is 30.5 Å². The zero-order chi connectivity index (χ0) is 17.6. The van der Waals surface area contributed by atoms with Crippen molar-refractivity contribution in [3.63, 3.8) is 0 Å². The van der Waals surface area contributed by atoms with E-state index in [-0.39, 0.29) is 36.4 Å². The van der Waals surface area contributed by atoms with E-state index in [4.69, 9.17) is 0 Å². The van der Waals surface area contributed by atoms with Gasteiger partial charge in [-0.3, -0.25) is 4.99 Å². The first-order chi connectivity index (χ1) is 12.2. The number of hydrogen-bond donors (Lipinski definition) is 2. The molecule has 142 valence electrons. The summed E-state index contributed by atoms with van der Waals surface area (Å²) in [6.45, 7) is 3.99. The Balaban J connectivity index is 0.00000243. The van der Waals surface area contributed by atoms with Gasteiger partial charge in [0.05, 0.1) is 11.6 Å². The molecule has 0 saturated carbocycles. The number of guanidine groups is 1. The second-order valence-corrected chi connectivity index (χ2v) is 6.84. The average Bonchev–Trinajstić information content (AvgIpc) is 3.18. The number of piperazine rings is 1. The van der Waals surface area contributed by atoms with Crippen LogP contribution in [0.2, 0.25) is 0 Å². The molecule has 1 aromatic heterocycles. The van der Waals surface area contributed by atoms with Crippen LogP contribution < -0.4 is 10.2 Å². The zero-order valence-electron chi connectivity index (χ0n) is 14.7. The van der Waals surface area contributed by atoms with Gasteiger partial charge in [0.15, 0.2) is 5.96 Å². The van der Waals surface area contributed by atoms with E-state index < -0.39 is 0 Å². The Morgan fingerprint density at radius 1 is 1.27 bits per heavy atom. The van der Waals surface area contributed by atoms with Crippen molar-refractivity contribution in [2.75, 3.05) is 38.1 Å². The van der Waals surface area contributed by atoms with Crippen molar-refractivity contribution in [1.82, 2.24) is 10.2 Å². The van der Waals surface area contributed by atoms with Crippen molar-refractivity contribution in [2.45, 2.75) is 13.2 Å². The predicted molar refractivity (Wildman–Crippen MR) is 116 cm³/mol. The Bertz CT molecular complexity index is 718. The van der Waals surface area contributed by atoms with Gasteiger partial charge in [-0.15, -0.1) is 35.3 Å². The third-order valence-corrected chi connectivity index (χ3v) is 5.27. The van der Waals surface area contributed by atoms with Crippen molar-refractivity contribution in [3.8, 4) is 0 Å². The molecule has 1 aliphatic heterocycles. The average molecular weight is 490 g/mol.